The number of nitrogens with zero attached hydrogens (tertiary/aromatic N) is 1. The van der Waals surface area contributed by atoms with Gasteiger partial charge < -0.3 is 5.32 Å². The van der Waals surface area contributed by atoms with Crippen LogP contribution in [0.15, 0.2) is 18.3 Å². The van der Waals surface area contributed by atoms with Crippen LogP contribution < -0.4 is 5.32 Å². The summed E-state index contributed by atoms with van der Waals surface area (Å²) in [5.41, 5.74) is 2.66. The summed E-state index contributed by atoms with van der Waals surface area (Å²) in [5.74, 6) is 0. The van der Waals surface area contributed by atoms with E-state index >= 15 is 0 Å². The Morgan fingerprint density at radius 2 is 2.00 bits per heavy atom. The molecule has 78 valence electrons. The Balaban J connectivity index is 2.35. The van der Waals surface area contributed by atoms with Crippen molar-refractivity contribution in [3.63, 3.8) is 0 Å². The van der Waals surface area contributed by atoms with Gasteiger partial charge in [0.15, 0.2) is 0 Å². The molecule has 0 fully saturated rings. The van der Waals surface area contributed by atoms with Crippen LogP contribution in [0, 0.1) is 12.3 Å². The fraction of sp³-hybridized carbons (Fsp3) is 0.583. The van der Waals surface area contributed by atoms with Crippen molar-refractivity contribution in [1.82, 2.24) is 10.3 Å². The van der Waals surface area contributed by atoms with Crippen LogP contribution in [-0.2, 0) is 6.54 Å². The van der Waals surface area contributed by atoms with Gasteiger partial charge in [0.05, 0.1) is 5.69 Å². The number of pyridine rings is 1. The minimum Gasteiger partial charge on any atom is -0.311 e. The maximum Gasteiger partial charge on any atom is 0.0541 e. The molecule has 0 bridgehead atoms. The molecule has 0 amide bonds. The first-order valence-corrected chi connectivity index (χ1v) is 5.10. The van der Waals surface area contributed by atoms with Gasteiger partial charge in [-0.25, -0.2) is 0 Å². The smallest absolute Gasteiger partial charge is 0.0541 e. The van der Waals surface area contributed by atoms with E-state index in [9.17, 15) is 0 Å². The average molecular weight is 192 g/mol. The van der Waals surface area contributed by atoms with Gasteiger partial charge in [0.25, 0.3) is 0 Å². The number of nitrogens with one attached hydrogen (secondary N) is 1. The molecule has 2 nitrogen and oxygen atoms in total. The average Bonchev–Trinajstić information content (AvgIpc) is 2.06. The molecule has 1 heterocycles. The van der Waals surface area contributed by atoms with Gasteiger partial charge in [0.1, 0.15) is 0 Å². The van der Waals surface area contributed by atoms with E-state index in [4.69, 9.17) is 0 Å². The van der Waals surface area contributed by atoms with E-state index in [0.717, 1.165) is 18.8 Å². The number of rotatable bonds is 3. The van der Waals surface area contributed by atoms with Crippen molar-refractivity contribution >= 4 is 0 Å². The normalized spacial score (nSPS) is 11.7. The molecule has 0 aromatic carbocycles. The summed E-state index contributed by atoms with van der Waals surface area (Å²) >= 11 is 0. The minimum absolute atomic E-state index is 0.338. The second-order valence-electron chi connectivity index (χ2n) is 4.99. The van der Waals surface area contributed by atoms with E-state index in [0.29, 0.717) is 5.41 Å². The summed E-state index contributed by atoms with van der Waals surface area (Å²) in [4.78, 5) is 4.34. The van der Waals surface area contributed by atoms with E-state index in [2.05, 4.69) is 50.1 Å². The quantitative estimate of drug-likeness (QED) is 0.796. The molecule has 0 aliphatic rings. The molecule has 0 aliphatic heterocycles. The topological polar surface area (TPSA) is 24.9 Å². The molecule has 0 saturated carbocycles. The van der Waals surface area contributed by atoms with E-state index in [-0.39, 0.29) is 0 Å². The van der Waals surface area contributed by atoms with E-state index in [1.54, 1.807) is 0 Å². The largest absolute Gasteiger partial charge is 0.311 e. The van der Waals surface area contributed by atoms with Gasteiger partial charge in [-0.05, 0) is 24.0 Å². The molecule has 1 rings (SSSR count). The molecule has 0 radical (unpaired) electrons. The first kappa shape index (κ1) is 11.2. The van der Waals surface area contributed by atoms with Crippen LogP contribution in [-0.4, -0.2) is 11.5 Å². The third-order valence-electron chi connectivity index (χ3n) is 1.93. The lowest BCUT2D eigenvalue weighted by Crippen LogP contribution is -2.26. The predicted molar refractivity (Wildman–Crippen MR) is 60.1 cm³/mol. The van der Waals surface area contributed by atoms with Crippen LogP contribution in [0.4, 0.5) is 0 Å². The van der Waals surface area contributed by atoms with Crippen LogP contribution in [0.25, 0.3) is 0 Å². The van der Waals surface area contributed by atoms with Gasteiger partial charge in [0, 0.05) is 19.3 Å². The van der Waals surface area contributed by atoms with Crippen LogP contribution in [0.5, 0.6) is 0 Å². The van der Waals surface area contributed by atoms with E-state index < -0.39 is 0 Å². The monoisotopic (exact) mass is 192 g/mol. The minimum atomic E-state index is 0.338. The third-order valence-corrected chi connectivity index (χ3v) is 1.93. The highest BCUT2D eigenvalue weighted by atomic mass is 14.9. The molecule has 1 aromatic rings. The van der Waals surface area contributed by atoms with Crippen LogP contribution >= 0.6 is 0 Å². The van der Waals surface area contributed by atoms with Crippen molar-refractivity contribution in [2.75, 3.05) is 6.54 Å². The second kappa shape index (κ2) is 4.56. The first-order valence-electron chi connectivity index (χ1n) is 5.10. The molecule has 0 saturated heterocycles. The summed E-state index contributed by atoms with van der Waals surface area (Å²) in [5, 5.41) is 3.40. The van der Waals surface area contributed by atoms with E-state index in [1.807, 2.05) is 6.20 Å². The summed E-state index contributed by atoms with van der Waals surface area (Å²) in [7, 11) is 0. The molecule has 0 spiro atoms. The molecular weight excluding hydrogens is 172 g/mol. The highest BCUT2D eigenvalue weighted by Crippen LogP contribution is 2.10. The molecule has 1 N–H and O–H groups in total. The van der Waals surface area contributed by atoms with Crippen molar-refractivity contribution in [3.05, 3.63) is 29.6 Å². The standard InChI is InChI=1S/C12H20N2/c1-10-5-6-11(14-7-10)8-13-9-12(2,3)4/h5-7,13H,8-9H2,1-4H3. The Labute approximate surface area is 86.8 Å². The van der Waals surface area contributed by atoms with Gasteiger partial charge >= 0.3 is 0 Å². The van der Waals surface area contributed by atoms with Gasteiger partial charge in [-0.1, -0.05) is 26.8 Å². The lowest BCUT2D eigenvalue weighted by molar-refractivity contribution is 0.378. The molecule has 14 heavy (non-hydrogen) atoms. The first-order chi connectivity index (χ1) is 6.47. The Morgan fingerprint density at radius 3 is 2.50 bits per heavy atom. The maximum atomic E-state index is 4.34. The molecule has 0 atom stereocenters. The van der Waals surface area contributed by atoms with Crippen molar-refractivity contribution < 1.29 is 0 Å². The fourth-order valence-electron chi connectivity index (χ4n) is 1.17. The second-order valence-corrected chi connectivity index (χ2v) is 4.99. The zero-order valence-electron chi connectivity index (χ0n) is 9.59. The Bertz CT molecular complexity index is 269. The summed E-state index contributed by atoms with van der Waals surface area (Å²) < 4.78 is 0. The van der Waals surface area contributed by atoms with Crippen LogP contribution in [0.3, 0.4) is 0 Å². The number of aromatic nitrogens is 1. The van der Waals surface area contributed by atoms with Crippen molar-refractivity contribution in [2.45, 2.75) is 34.2 Å². The molecule has 0 unspecified atom stereocenters. The van der Waals surface area contributed by atoms with Gasteiger partial charge in [0.2, 0.25) is 0 Å². The van der Waals surface area contributed by atoms with Gasteiger partial charge in [-0.3, -0.25) is 4.98 Å². The molecular formula is C12H20N2. The molecule has 2 heteroatoms. The zero-order valence-corrected chi connectivity index (χ0v) is 9.59. The van der Waals surface area contributed by atoms with Crippen LogP contribution in [0.1, 0.15) is 32.0 Å². The van der Waals surface area contributed by atoms with Crippen molar-refractivity contribution in [3.8, 4) is 0 Å². The summed E-state index contributed by atoms with van der Waals surface area (Å²) in [6.07, 6.45) is 1.91. The fourth-order valence-corrected chi connectivity index (χ4v) is 1.17. The summed E-state index contributed by atoms with van der Waals surface area (Å²) in [6, 6.07) is 4.17. The highest BCUT2D eigenvalue weighted by Gasteiger charge is 2.08. The number of aryl methyl sites for hydroxylation is 1. The van der Waals surface area contributed by atoms with E-state index in [1.165, 1.54) is 5.56 Å². The SMILES string of the molecule is Cc1ccc(CNCC(C)(C)C)nc1. The lowest BCUT2D eigenvalue weighted by Gasteiger charge is -2.18. The molecule has 1 aromatic heterocycles. The van der Waals surface area contributed by atoms with Crippen molar-refractivity contribution in [2.24, 2.45) is 5.41 Å². The zero-order chi connectivity index (χ0) is 10.6. The predicted octanol–water partition coefficient (Wildman–Crippen LogP) is 2.53. The Morgan fingerprint density at radius 1 is 1.29 bits per heavy atom. The molecule has 0 aliphatic carbocycles. The third kappa shape index (κ3) is 4.38. The number of hydrogen-bond donors (Lipinski definition) is 1. The maximum absolute atomic E-state index is 4.34. The highest BCUT2D eigenvalue weighted by molar-refractivity contribution is 5.11. The van der Waals surface area contributed by atoms with Gasteiger partial charge in [-0.15, -0.1) is 0 Å². The van der Waals surface area contributed by atoms with Crippen LogP contribution in [0.2, 0.25) is 0 Å². The Hall–Kier alpha value is -0.890. The lowest BCUT2D eigenvalue weighted by atomic mass is 9.97. The van der Waals surface area contributed by atoms with Crippen molar-refractivity contribution in [1.29, 1.82) is 0 Å². The van der Waals surface area contributed by atoms with Gasteiger partial charge in [-0.2, -0.15) is 0 Å². The summed E-state index contributed by atoms with van der Waals surface area (Å²) in [6.45, 7) is 10.6. The number of hydrogen-bond acceptors (Lipinski definition) is 2. The Kier molecular flexibility index (Phi) is 3.64.